The van der Waals surface area contributed by atoms with Crippen molar-refractivity contribution < 1.29 is 28.0 Å². The fourth-order valence-electron chi connectivity index (χ4n) is 5.32. The van der Waals surface area contributed by atoms with Crippen molar-refractivity contribution >= 4 is 39.8 Å². The Labute approximate surface area is 252 Å². The highest BCUT2D eigenvalue weighted by atomic mass is 32.1. The Bertz CT molecular complexity index is 2200. The second-order valence-electron chi connectivity index (χ2n) is 9.83. The van der Waals surface area contributed by atoms with Gasteiger partial charge in [-0.25, -0.2) is 9.79 Å². The Kier molecular flexibility index (Phi) is 7.43. The molecule has 0 N–H and O–H groups in total. The second-order valence-corrected chi connectivity index (χ2v) is 10.8. The molecule has 0 spiro atoms. The van der Waals surface area contributed by atoms with Gasteiger partial charge >= 0.3 is 11.7 Å². The highest BCUT2D eigenvalue weighted by Gasteiger charge is 2.36. The number of allylic oxidation sites excluding steroid dienone is 1. The Morgan fingerprint density at radius 1 is 1.18 bits per heavy atom. The van der Waals surface area contributed by atoms with Crippen LogP contribution in [0.15, 0.2) is 92.2 Å². The van der Waals surface area contributed by atoms with Crippen LogP contribution in [0.4, 0.5) is 10.1 Å². The molecule has 10 nitrogen and oxygen atoms in total. The lowest BCUT2D eigenvalue weighted by Gasteiger charge is -2.27. The standard InChI is InChI=1S/C32H24FN3O7S/c1-4-42-31(38)27-17(2)34-32-35(29(27)28-21-8-6-5-7-18(21)10-13-25(28)41-3)30(37)26(44-32)16-20-11-14-24(43-20)19-9-12-22(33)23(15-19)36(39)40/h5-16,29H,4H2,1-3H3/b26-16-/t29-/m1/s1. The topological polar surface area (TPSA) is 126 Å². The van der Waals surface area contributed by atoms with E-state index < -0.39 is 34.0 Å². The molecule has 0 saturated heterocycles. The van der Waals surface area contributed by atoms with Crippen LogP contribution in [-0.4, -0.2) is 29.2 Å². The third-order valence-electron chi connectivity index (χ3n) is 7.27. The maximum atomic E-state index is 14.1. The number of hydrogen-bond donors (Lipinski definition) is 0. The molecule has 0 unspecified atom stereocenters. The molecule has 2 aromatic heterocycles. The average Bonchev–Trinajstić information content (AvgIpc) is 3.60. The monoisotopic (exact) mass is 613 g/mol. The molecule has 0 bridgehead atoms. The number of furan rings is 1. The van der Waals surface area contributed by atoms with Crippen molar-refractivity contribution in [2.45, 2.75) is 19.9 Å². The fraction of sp³-hybridized carbons (Fsp3) is 0.156. The number of rotatable bonds is 7. The van der Waals surface area contributed by atoms with E-state index in [1.165, 1.54) is 23.8 Å². The van der Waals surface area contributed by atoms with Crippen LogP contribution in [0.1, 0.15) is 31.2 Å². The molecule has 1 aliphatic rings. The minimum Gasteiger partial charge on any atom is -0.496 e. The Hall–Kier alpha value is -5.36. The number of aromatic nitrogens is 1. The maximum Gasteiger partial charge on any atom is 0.338 e. The number of benzene rings is 3. The van der Waals surface area contributed by atoms with Crippen molar-refractivity contribution in [2.75, 3.05) is 13.7 Å². The van der Waals surface area contributed by atoms with E-state index in [1.54, 1.807) is 32.0 Å². The SMILES string of the molecule is CCOC(=O)C1=C(C)N=c2s/c(=C\c3ccc(-c4ccc(F)c([N+](=O)[O-])c4)o3)c(=O)n2[C@H]1c1c(OC)ccc2ccccc12. The van der Waals surface area contributed by atoms with Crippen molar-refractivity contribution in [1.29, 1.82) is 0 Å². The molecule has 0 saturated carbocycles. The molecule has 1 atom stereocenters. The van der Waals surface area contributed by atoms with E-state index in [2.05, 4.69) is 4.99 Å². The normalized spacial score (nSPS) is 14.8. The Balaban J connectivity index is 1.54. The lowest BCUT2D eigenvalue weighted by Crippen LogP contribution is -2.40. The lowest BCUT2D eigenvalue weighted by molar-refractivity contribution is -0.387. The molecule has 0 radical (unpaired) electrons. The quantitative estimate of drug-likeness (QED) is 0.139. The zero-order chi connectivity index (χ0) is 31.1. The van der Waals surface area contributed by atoms with Gasteiger partial charge in [0.25, 0.3) is 5.56 Å². The van der Waals surface area contributed by atoms with Crippen LogP contribution in [-0.2, 0) is 9.53 Å². The maximum absolute atomic E-state index is 14.1. The van der Waals surface area contributed by atoms with E-state index in [9.17, 15) is 24.1 Å². The third kappa shape index (κ3) is 4.88. The van der Waals surface area contributed by atoms with Gasteiger partial charge in [0.2, 0.25) is 5.82 Å². The molecule has 6 rings (SSSR count). The molecule has 0 amide bonds. The van der Waals surface area contributed by atoms with Gasteiger partial charge in [0.1, 0.15) is 23.3 Å². The smallest absolute Gasteiger partial charge is 0.338 e. The first kappa shape index (κ1) is 28.7. The predicted octanol–water partition coefficient (Wildman–Crippen LogP) is 5.27. The van der Waals surface area contributed by atoms with Gasteiger partial charge in [-0.3, -0.25) is 19.5 Å². The summed E-state index contributed by atoms with van der Waals surface area (Å²) in [5, 5.41) is 12.9. The van der Waals surface area contributed by atoms with Gasteiger partial charge in [-0.2, -0.15) is 4.39 Å². The van der Waals surface area contributed by atoms with Crippen molar-refractivity contribution in [1.82, 2.24) is 4.57 Å². The first-order valence-corrected chi connectivity index (χ1v) is 14.3. The summed E-state index contributed by atoms with van der Waals surface area (Å²) < 4.78 is 32.7. The van der Waals surface area contributed by atoms with Gasteiger partial charge in [-0.05, 0) is 55.0 Å². The van der Waals surface area contributed by atoms with E-state index >= 15 is 0 Å². The van der Waals surface area contributed by atoms with Crippen LogP contribution >= 0.6 is 11.3 Å². The number of nitrogens with zero attached hydrogens (tertiary/aromatic N) is 3. The van der Waals surface area contributed by atoms with Gasteiger partial charge < -0.3 is 13.9 Å². The molecule has 1 aliphatic heterocycles. The molecule has 0 fully saturated rings. The van der Waals surface area contributed by atoms with Gasteiger partial charge in [0.15, 0.2) is 4.80 Å². The van der Waals surface area contributed by atoms with Crippen molar-refractivity contribution in [2.24, 2.45) is 4.99 Å². The molecular weight excluding hydrogens is 589 g/mol. The summed E-state index contributed by atoms with van der Waals surface area (Å²) in [6.07, 6.45) is 1.53. The molecule has 222 valence electrons. The van der Waals surface area contributed by atoms with Gasteiger partial charge in [0, 0.05) is 23.3 Å². The average molecular weight is 614 g/mol. The largest absolute Gasteiger partial charge is 0.496 e. The van der Waals surface area contributed by atoms with Gasteiger partial charge in [-0.15, -0.1) is 0 Å². The van der Waals surface area contributed by atoms with Crippen LogP contribution in [0.25, 0.3) is 28.2 Å². The Morgan fingerprint density at radius 3 is 2.73 bits per heavy atom. The molecule has 5 aromatic rings. The second kappa shape index (κ2) is 11.4. The number of thiazole rings is 1. The van der Waals surface area contributed by atoms with Gasteiger partial charge in [-0.1, -0.05) is 41.7 Å². The Morgan fingerprint density at radius 2 is 1.98 bits per heavy atom. The summed E-state index contributed by atoms with van der Waals surface area (Å²) in [6, 6.07) is 17.1. The number of nitro benzene ring substituents is 1. The number of halogens is 1. The van der Waals surface area contributed by atoms with E-state index in [4.69, 9.17) is 13.9 Å². The first-order valence-electron chi connectivity index (χ1n) is 13.5. The number of carbonyl (C=O) groups excluding carboxylic acids is 1. The van der Waals surface area contributed by atoms with E-state index in [-0.39, 0.29) is 28.2 Å². The highest BCUT2D eigenvalue weighted by molar-refractivity contribution is 7.07. The fourth-order valence-corrected chi connectivity index (χ4v) is 6.35. The zero-order valence-electron chi connectivity index (χ0n) is 23.7. The summed E-state index contributed by atoms with van der Waals surface area (Å²) >= 11 is 1.12. The van der Waals surface area contributed by atoms with Gasteiger partial charge in [0.05, 0.1) is 34.4 Å². The van der Waals surface area contributed by atoms with Crippen LogP contribution < -0.4 is 19.6 Å². The molecule has 3 aromatic carbocycles. The minimum atomic E-state index is -0.957. The summed E-state index contributed by atoms with van der Waals surface area (Å²) in [5.74, 6) is -0.513. The molecule has 0 aliphatic carbocycles. The van der Waals surface area contributed by atoms with E-state index in [0.717, 1.165) is 34.2 Å². The van der Waals surface area contributed by atoms with Crippen LogP contribution in [0, 0.1) is 15.9 Å². The number of fused-ring (bicyclic) bond motifs is 2. The zero-order valence-corrected chi connectivity index (χ0v) is 24.5. The lowest BCUT2D eigenvalue weighted by atomic mass is 9.90. The van der Waals surface area contributed by atoms with Crippen LogP contribution in [0.2, 0.25) is 0 Å². The van der Waals surface area contributed by atoms with Crippen molar-refractivity contribution in [3.63, 3.8) is 0 Å². The summed E-state index contributed by atoms with van der Waals surface area (Å²) in [7, 11) is 1.53. The number of ether oxygens (including phenoxy) is 2. The van der Waals surface area contributed by atoms with E-state index in [1.807, 2.05) is 30.3 Å². The number of hydrogen-bond acceptors (Lipinski definition) is 9. The first-order chi connectivity index (χ1) is 21.2. The minimum absolute atomic E-state index is 0.136. The number of nitro groups is 1. The molecule has 44 heavy (non-hydrogen) atoms. The number of carbonyl (C=O) groups is 1. The molecule has 3 heterocycles. The van der Waals surface area contributed by atoms with E-state index in [0.29, 0.717) is 27.4 Å². The highest BCUT2D eigenvalue weighted by Crippen LogP contribution is 2.40. The molecular formula is C32H24FN3O7S. The summed E-state index contributed by atoms with van der Waals surface area (Å²) in [5.41, 5.74) is 0.461. The molecule has 12 heteroatoms. The number of esters is 1. The number of methoxy groups -OCH3 is 1. The summed E-state index contributed by atoms with van der Waals surface area (Å²) in [6.45, 7) is 3.55. The third-order valence-corrected chi connectivity index (χ3v) is 8.25. The van der Waals surface area contributed by atoms with Crippen LogP contribution in [0.5, 0.6) is 5.75 Å². The van der Waals surface area contributed by atoms with Crippen molar-refractivity contribution in [3.05, 3.63) is 125 Å². The predicted molar refractivity (Wildman–Crippen MR) is 162 cm³/mol. The van der Waals surface area contributed by atoms with Crippen LogP contribution in [0.3, 0.4) is 0 Å². The summed E-state index contributed by atoms with van der Waals surface area (Å²) in [4.78, 5) is 42.9. The van der Waals surface area contributed by atoms with Crippen molar-refractivity contribution in [3.8, 4) is 17.1 Å².